The smallest absolute Gasteiger partial charge is 0.271 e. The summed E-state index contributed by atoms with van der Waals surface area (Å²) in [5.41, 5.74) is 4.28. The van der Waals surface area contributed by atoms with Gasteiger partial charge in [0.2, 0.25) is 0 Å². The SMILES string of the molecule is CC(C)(C)c1ccc(C(=O)NN=Cc2cc(Br)c(Br)o2)cc1. The highest BCUT2D eigenvalue weighted by atomic mass is 79.9. The van der Waals surface area contributed by atoms with Crippen LogP contribution in [0.25, 0.3) is 0 Å². The Hall–Kier alpha value is -1.40. The molecule has 1 N–H and O–H groups in total. The molecule has 0 fully saturated rings. The fraction of sp³-hybridized carbons (Fsp3) is 0.250. The van der Waals surface area contributed by atoms with Crippen LogP contribution in [0.2, 0.25) is 0 Å². The molecule has 0 aliphatic heterocycles. The van der Waals surface area contributed by atoms with Crippen molar-refractivity contribution in [1.82, 2.24) is 5.43 Å². The maximum atomic E-state index is 12.0. The van der Waals surface area contributed by atoms with Crippen LogP contribution in [0.5, 0.6) is 0 Å². The van der Waals surface area contributed by atoms with Gasteiger partial charge in [-0.1, -0.05) is 32.9 Å². The van der Waals surface area contributed by atoms with Gasteiger partial charge >= 0.3 is 0 Å². The fourth-order valence-corrected chi connectivity index (χ4v) is 2.38. The molecule has 0 aliphatic rings. The molecule has 2 aromatic rings. The number of benzene rings is 1. The molecule has 0 saturated carbocycles. The monoisotopic (exact) mass is 426 g/mol. The summed E-state index contributed by atoms with van der Waals surface area (Å²) in [5.74, 6) is 0.267. The van der Waals surface area contributed by atoms with Crippen molar-refractivity contribution in [3.05, 3.63) is 56.4 Å². The van der Waals surface area contributed by atoms with Crippen LogP contribution in [0.3, 0.4) is 0 Å². The number of rotatable bonds is 3. The van der Waals surface area contributed by atoms with E-state index in [0.717, 1.165) is 4.47 Å². The largest absolute Gasteiger partial charge is 0.447 e. The second kappa shape index (κ2) is 6.79. The van der Waals surface area contributed by atoms with Crippen molar-refractivity contribution < 1.29 is 9.21 Å². The quantitative estimate of drug-likeness (QED) is 0.561. The number of carbonyl (C=O) groups excluding carboxylic acids is 1. The summed E-state index contributed by atoms with van der Waals surface area (Å²) in [6, 6.07) is 9.26. The Morgan fingerprint density at radius 2 is 1.86 bits per heavy atom. The first-order chi connectivity index (χ1) is 10.3. The molecular weight excluding hydrogens is 412 g/mol. The molecule has 0 saturated heterocycles. The van der Waals surface area contributed by atoms with Crippen LogP contribution in [0.1, 0.15) is 42.5 Å². The molecule has 1 amide bonds. The van der Waals surface area contributed by atoms with Crippen molar-refractivity contribution in [2.45, 2.75) is 26.2 Å². The predicted octanol–water partition coefficient (Wildman–Crippen LogP) is 4.87. The van der Waals surface area contributed by atoms with E-state index in [9.17, 15) is 4.79 Å². The molecule has 116 valence electrons. The zero-order chi connectivity index (χ0) is 16.3. The number of hydrazone groups is 1. The Morgan fingerprint density at radius 3 is 2.36 bits per heavy atom. The van der Waals surface area contributed by atoms with Crippen LogP contribution in [0.15, 0.2) is 49.0 Å². The van der Waals surface area contributed by atoms with Gasteiger partial charge in [-0.15, -0.1) is 0 Å². The van der Waals surface area contributed by atoms with Gasteiger partial charge in [-0.2, -0.15) is 5.10 Å². The Balaban J connectivity index is 2.00. The molecule has 22 heavy (non-hydrogen) atoms. The first-order valence-electron chi connectivity index (χ1n) is 6.66. The number of hydrogen-bond donors (Lipinski definition) is 1. The van der Waals surface area contributed by atoms with Gasteiger partial charge in [-0.05, 0) is 55.0 Å². The third kappa shape index (κ3) is 4.30. The number of nitrogens with one attached hydrogen (secondary N) is 1. The summed E-state index contributed by atoms with van der Waals surface area (Å²) in [6.07, 6.45) is 1.44. The number of hydrogen-bond acceptors (Lipinski definition) is 3. The molecule has 1 heterocycles. The maximum absolute atomic E-state index is 12.0. The third-order valence-corrected chi connectivity index (χ3v) is 4.75. The van der Waals surface area contributed by atoms with Gasteiger partial charge in [0.1, 0.15) is 5.76 Å². The predicted molar refractivity (Wildman–Crippen MR) is 94.3 cm³/mol. The third-order valence-electron chi connectivity index (χ3n) is 3.04. The minimum absolute atomic E-state index is 0.0627. The van der Waals surface area contributed by atoms with E-state index in [1.807, 2.05) is 12.1 Å². The molecule has 0 atom stereocenters. The highest BCUT2D eigenvalue weighted by Crippen LogP contribution is 2.25. The average molecular weight is 428 g/mol. The molecule has 2 rings (SSSR count). The van der Waals surface area contributed by atoms with Crippen molar-refractivity contribution in [2.24, 2.45) is 5.10 Å². The summed E-state index contributed by atoms with van der Waals surface area (Å²) in [5, 5.41) is 3.88. The van der Waals surface area contributed by atoms with Crippen LogP contribution in [0, 0.1) is 0 Å². The van der Waals surface area contributed by atoms with Crippen molar-refractivity contribution in [1.29, 1.82) is 0 Å². The van der Waals surface area contributed by atoms with Crippen LogP contribution in [0.4, 0.5) is 0 Å². The van der Waals surface area contributed by atoms with E-state index in [-0.39, 0.29) is 11.3 Å². The van der Waals surface area contributed by atoms with E-state index in [1.54, 1.807) is 18.2 Å². The topological polar surface area (TPSA) is 54.6 Å². The fourth-order valence-electron chi connectivity index (χ4n) is 1.77. The lowest BCUT2D eigenvalue weighted by molar-refractivity contribution is 0.0955. The molecule has 1 aromatic carbocycles. The van der Waals surface area contributed by atoms with Crippen molar-refractivity contribution >= 4 is 44.0 Å². The first kappa shape index (κ1) is 17.0. The lowest BCUT2D eigenvalue weighted by Gasteiger charge is -2.18. The highest BCUT2D eigenvalue weighted by molar-refractivity contribution is 9.13. The van der Waals surface area contributed by atoms with Crippen LogP contribution >= 0.6 is 31.9 Å². The summed E-state index contributed by atoms with van der Waals surface area (Å²) < 4.78 is 6.70. The minimum atomic E-state index is -0.263. The minimum Gasteiger partial charge on any atom is -0.447 e. The molecular formula is C16H16Br2N2O2. The maximum Gasteiger partial charge on any atom is 0.271 e. The Kier molecular flexibility index (Phi) is 5.24. The van der Waals surface area contributed by atoms with Gasteiger partial charge in [-0.3, -0.25) is 4.79 Å². The van der Waals surface area contributed by atoms with Crippen molar-refractivity contribution in [3.63, 3.8) is 0 Å². The second-order valence-corrected chi connectivity index (χ2v) is 7.37. The van der Waals surface area contributed by atoms with Crippen LogP contribution < -0.4 is 5.43 Å². The number of furan rings is 1. The van der Waals surface area contributed by atoms with E-state index in [1.165, 1.54) is 11.8 Å². The van der Waals surface area contributed by atoms with Gasteiger partial charge in [0, 0.05) is 11.6 Å². The van der Waals surface area contributed by atoms with Gasteiger partial charge in [0.25, 0.3) is 5.91 Å². The van der Waals surface area contributed by atoms with Crippen molar-refractivity contribution in [2.75, 3.05) is 0 Å². The van der Waals surface area contributed by atoms with Gasteiger partial charge < -0.3 is 4.42 Å². The van der Waals surface area contributed by atoms with Gasteiger partial charge in [-0.25, -0.2) is 5.43 Å². The Bertz CT molecular complexity index is 678. The summed E-state index contributed by atoms with van der Waals surface area (Å²) in [6.45, 7) is 6.39. The first-order valence-corrected chi connectivity index (χ1v) is 8.25. The van der Waals surface area contributed by atoms with Crippen LogP contribution in [-0.4, -0.2) is 12.1 Å². The van der Waals surface area contributed by atoms with Crippen molar-refractivity contribution in [3.8, 4) is 0 Å². The molecule has 0 bridgehead atoms. The molecule has 0 spiro atoms. The molecule has 0 radical (unpaired) electrons. The lowest BCUT2D eigenvalue weighted by Crippen LogP contribution is -2.18. The van der Waals surface area contributed by atoms with Crippen LogP contribution in [-0.2, 0) is 5.41 Å². The summed E-state index contributed by atoms with van der Waals surface area (Å²) in [4.78, 5) is 12.0. The average Bonchev–Trinajstić information content (AvgIpc) is 2.77. The van der Waals surface area contributed by atoms with Gasteiger partial charge in [0.05, 0.1) is 10.7 Å². The Labute approximate surface area is 146 Å². The number of halogens is 2. The van der Waals surface area contributed by atoms with Gasteiger partial charge in [0.15, 0.2) is 4.67 Å². The molecule has 0 aliphatic carbocycles. The molecule has 4 nitrogen and oxygen atoms in total. The number of amides is 1. The highest BCUT2D eigenvalue weighted by Gasteiger charge is 2.14. The summed E-state index contributed by atoms with van der Waals surface area (Å²) in [7, 11) is 0. The second-order valence-electron chi connectivity index (χ2n) is 5.80. The Morgan fingerprint density at radius 1 is 1.23 bits per heavy atom. The normalized spacial score (nSPS) is 11.9. The molecule has 6 heteroatoms. The number of carbonyl (C=O) groups is 1. The lowest BCUT2D eigenvalue weighted by atomic mass is 9.87. The van der Waals surface area contributed by atoms with E-state index < -0.39 is 0 Å². The summed E-state index contributed by atoms with van der Waals surface area (Å²) >= 11 is 6.54. The number of nitrogens with zero attached hydrogens (tertiary/aromatic N) is 1. The molecule has 1 aromatic heterocycles. The zero-order valence-corrected chi connectivity index (χ0v) is 15.7. The zero-order valence-electron chi connectivity index (χ0n) is 12.5. The van der Waals surface area contributed by atoms with E-state index in [4.69, 9.17) is 4.42 Å². The standard InChI is InChI=1S/C16H16Br2N2O2/c1-16(2,3)11-6-4-10(5-7-11)15(21)20-19-9-12-8-13(17)14(18)22-12/h4-9H,1-3H3,(H,20,21). The van der Waals surface area contributed by atoms with E-state index in [0.29, 0.717) is 16.0 Å². The van der Waals surface area contributed by atoms with E-state index in [2.05, 4.69) is 63.2 Å². The molecule has 0 unspecified atom stereocenters. The van der Waals surface area contributed by atoms with E-state index >= 15 is 0 Å².